The minimum atomic E-state index is 0.845. The lowest BCUT2D eigenvalue weighted by atomic mass is 9.80. The Morgan fingerprint density at radius 2 is 0.429 bits per heavy atom. The summed E-state index contributed by atoms with van der Waals surface area (Å²) in [6.07, 6.45) is 0. The third-order valence-corrected chi connectivity index (χ3v) is 8.87. The van der Waals surface area contributed by atoms with Gasteiger partial charge in [0.25, 0.3) is 0 Å². The van der Waals surface area contributed by atoms with Crippen molar-refractivity contribution in [3.05, 3.63) is 256 Å². The highest BCUT2D eigenvalue weighted by Gasteiger charge is 2.29. The van der Waals surface area contributed by atoms with E-state index in [9.17, 15) is 0 Å². The van der Waals surface area contributed by atoms with Crippen molar-refractivity contribution in [2.45, 2.75) is 0 Å². The van der Waals surface area contributed by atoms with Crippen LogP contribution in [0.1, 0.15) is 50.1 Å². The van der Waals surface area contributed by atoms with E-state index in [0.717, 1.165) is 44.9 Å². The summed E-state index contributed by atoms with van der Waals surface area (Å²) in [6, 6.07) is 66.4. The Hall–Kier alpha value is -6.25. The zero-order chi connectivity index (χ0) is 33.4. The fourth-order valence-corrected chi connectivity index (χ4v) is 6.44. The van der Waals surface area contributed by atoms with Gasteiger partial charge >= 0.3 is 0 Å². The van der Waals surface area contributed by atoms with Gasteiger partial charge in [0, 0.05) is 72.8 Å². The summed E-state index contributed by atoms with van der Waals surface area (Å²) in [5.41, 5.74) is 10.4. The number of rotatable bonds is 11. The molecule has 0 aliphatic heterocycles. The predicted octanol–water partition coefficient (Wildman–Crippen LogP) is 10.8. The molecule has 0 saturated carbocycles. The Balaban J connectivity index is 1.25. The Kier molecular flexibility index (Phi) is 9.39. The predicted molar refractivity (Wildman–Crippen MR) is 200 cm³/mol. The fraction of sp³-hybridized carbons (Fsp3) is 0.0426. The zero-order valence-electron chi connectivity index (χ0n) is 27.7. The van der Waals surface area contributed by atoms with E-state index < -0.39 is 0 Å². The lowest BCUT2D eigenvalue weighted by Crippen LogP contribution is -2.08. The van der Waals surface area contributed by atoms with Crippen molar-refractivity contribution < 1.29 is 9.47 Å². The van der Waals surface area contributed by atoms with Gasteiger partial charge in [-0.1, -0.05) is 18.2 Å². The highest BCUT2D eigenvalue weighted by molar-refractivity contribution is 5.64. The van der Waals surface area contributed by atoms with Crippen molar-refractivity contribution in [2.75, 3.05) is 14.2 Å². The molecule has 0 amide bonds. The average molecular weight is 634 g/mol. The standard InChI is InChI=1S/C47H37O2/c1-48-43-30-26-41(27-31-43)46(35-14-8-4-9-15-35)39-22-18-37(19-23-39)45(34-12-6-3-7-13-34)38-20-24-40(25-21-38)47(36-16-10-5-11-17-36)42-28-32-44(49-2)33-29-42/h3-33H,1-2H3/q+3. The van der Waals surface area contributed by atoms with Crippen LogP contribution < -0.4 is 9.47 Å². The summed E-state index contributed by atoms with van der Waals surface area (Å²) in [6.45, 7) is 0. The molecule has 7 aromatic rings. The van der Waals surface area contributed by atoms with Gasteiger partial charge in [0.1, 0.15) is 11.5 Å². The van der Waals surface area contributed by atoms with Gasteiger partial charge in [-0.3, -0.25) is 0 Å². The van der Waals surface area contributed by atoms with Crippen molar-refractivity contribution in [2.24, 2.45) is 0 Å². The Morgan fingerprint density at radius 3 is 0.633 bits per heavy atom. The van der Waals surface area contributed by atoms with Gasteiger partial charge in [-0.2, -0.15) is 0 Å². The Morgan fingerprint density at radius 1 is 0.245 bits per heavy atom. The average Bonchev–Trinajstić information content (AvgIpc) is 3.18. The second-order valence-electron chi connectivity index (χ2n) is 11.8. The number of hydrogen-bond donors (Lipinski definition) is 0. The molecular formula is C47H37O2+3. The lowest BCUT2D eigenvalue weighted by molar-refractivity contribution is 0.414. The molecule has 0 atom stereocenters. The zero-order valence-corrected chi connectivity index (χ0v) is 27.7. The van der Waals surface area contributed by atoms with Gasteiger partial charge in [0.15, 0.2) is 0 Å². The summed E-state index contributed by atoms with van der Waals surface area (Å²) in [5.74, 6) is 5.25. The Labute approximate surface area is 290 Å². The highest BCUT2D eigenvalue weighted by Crippen LogP contribution is 2.37. The SMILES string of the molecule is COc1ccc([C+](c2ccccc2)c2ccc([C+](c3ccccc3)c3ccc([C+](c4ccccc4)c4ccc(OC)cc4)cc3)cc2)cc1. The van der Waals surface area contributed by atoms with Crippen molar-refractivity contribution >= 4 is 0 Å². The molecule has 0 fully saturated rings. The molecule has 0 saturated heterocycles. The van der Waals surface area contributed by atoms with Gasteiger partial charge < -0.3 is 9.47 Å². The molecule has 0 bridgehead atoms. The van der Waals surface area contributed by atoms with E-state index in [1.54, 1.807) is 14.2 Å². The maximum atomic E-state index is 5.44. The van der Waals surface area contributed by atoms with Crippen LogP contribution in [0.3, 0.4) is 0 Å². The molecule has 7 aromatic carbocycles. The number of methoxy groups -OCH3 is 2. The van der Waals surface area contributed by atoms with Crippen LogP contribution in [0.2, 0.25) is 0 Å². The smallest absolute Gasteiger partial charge is 0.129 e. The Bertz CT molecular complexity index is 1900. The van der Waals surface area contributed by atoms with Crippen LogP contribution in [-0.2, 0) is 0 Å². The third kappa shape index (κ3) is 6.90. The van der Waals surface area contributed by atoms with Crippen molar-refractivity contribution in [1.82, 2.24) is 0 Å². The van der Waals surface area contributed by atoms with E-state index in [0.29, 0.717) is 0 Å². The number of hydrogen-bond acceptors (Lipinski definition) is 2. The van der Waals surface area contributed by atoms with Crippen molar-refractivity contribution in [1.29, 1.82) is 0 Å². The molecular weight excluding hydrogens is 597 g/mol. The molecule has 234 valence electrons. The largest absolute Gasteiger partial charge is 0.496 e. The van der Waals surface area contributed by atoms with Gasteiger partial charge in [-0.25, -0.2) is 0 Å². The molecule has 0 aliphatic rings. The molecule has 0 aliphatic carbocycles. The molecule has 0 heterocycles. The van der Waals surface area contributed by atoms with Crippen LogP contribution in [-0.4, -0.2) is 14.2 Å². The second kappa shape index (κ2) is 14.7. The van der Waals surface area contributed by atoms with E-state index in [-0.39, 0.29) is 0 Å². The molecule has 7 rings (SSSR count). The fourth-order valence-electron chi connectivity index (χ4n) is 6.44. The lowest BCUT2D eigenvalue weighted by Gasteiger charge is -2.17. The van der Waals surface area contributed by atoms with Crippen LogP contribution in [0.5, 0.6) is 11.5 Å². The van der Waals surface area contributed by atoms with Crippen LogP contribution in [0, 0.1) is 17.8 Å². The number of ether oxygens (including phenoxy) is 2. The van der Waals surface area contributed by atoms with Gasteiger partial charge in [0.2, 0.25) is 0 Å². The first kappa shape index (κ1) is 31.4. The molecule has 0 radical (unpaired) electrons. The molecule has 0 unspecified atom stereocenters. The van der Waals surface area contributed by atoms with Crippen molar-refractivity contribution in [3.63, 3.8) is 0 Å². The van der Waals surface area contributed by atoms with E-state index >= 15 is 0 Å². The monoisotopic (exact) mass is 633 g/mol. The first-order valence-corrected chi connectivity index (χ1v) is 16.5. The quantitative estimate of drug-likeness (QED) is 0.104. The van der Waals surface area contributed by atoms with Crippen LogP contribution in [0.25, 0.3) is 0 Å². The summed E-state index contributed by atoms with van der Waals surface area (Å²) in [4.78, 5) is 0. The number of benzene rings is 7. The summed E-state index contributed by atoms with van der Waals surface area (Å²) in [7, 11) is 3.40. The maximum absolute atomic E-state index is 5.44. The van der Waals surface area contributed by atoms with Gasteiger partial charge in [0.05, 0.1) is 82.0 Å². The minimum Gasteiger partial charge on any atom is -0.496 e. The summed E-state index contributed by atoms with van der Waals surface area (Å²) < 4.78 is 10.9. The topological polar surface area (TPSA) is 18.5 Å². The second-order valence-corrected chi connectivity index (χ2v) is 11.8. The van der Waals surface area contributed by atoms with Gasteiger partial charge in [-0.15, -0.1) is 0 Å². The molecule has 49 heavy (non-hydrogen) atoms. The van der Waals surface area contributed by atoms with Crippen LogP contribution >= 0.6 is 0 Å². The molecule has 0 spiro atoms. The highest BCUT2D eigenvalue weighted by atomic mass is 16.5. The van der Waals surface area contributed by atoms with E-state index in [4.69, 9.17) is 9.47 Å². The molecule has 2 nitrogen and oxygen atoms in total. The van der Waals surface area contributed by atoms with E-state index in [1.807, 2.05) is 24.3 Å². The van der Waals surface area contributed by atoms with Gasteiger partial charge in [-0.05, 0) is 97.1 Å². The minimum absolute atomic E-state index is 0.845. The summed E-state index contributed by atoms with van der Waals surface area (Å²) >= 11 is 0. The van der Waals surface area contributed by atoms with Crippen LogP contribution in [0.15, 0.2) is 188 Å². The van der Waals surface area contributed by atoms with E-state index in [1.165, 1.54) is 34.4 Å². The molecule has 0 aromatic heterocycles. The van der Waals surface area contributed by atoms with Crippen LogP contribution in [0.4, 0.5) is 0 Å². The maximum Gasteiger partial charge on any atom is 0.129 e. The first-order chi connectivity index (χ1) is 24.2. The third-order valence-electron chi connectivity index (χ3n) is 8.87. The van der Waals surface area contributed by atoms with E-state index in [2.05, 4.69) is 164 Å². The first-order valence-electron chi connectivity index (χ1n) is 16.5. The van der Waals surface area contributed by atoms with Crippen molar-refractivity contribution in [3.8, 4) is 11.5 Å². The molecule has 0 N–H and O–H groups in total. The summed E-state index contributed by atoms with van der Waals surface area (Å²) in [5, 5.41) is 0. The molecule has 2 heteroatoms. The normalized spacial score (nSPS) is 10.7.